The van der Waals surface area contributed by atoms with Crippen LogP contribution >= 0.6 is 22.9 Å². The molecule has 0 atom stereocenters. The number of hydrogen-bond donors (Lipinski definition) is 0. The topological polar surface area (TPSA) is 12.9 Å². The molecule has 0 bridgehead atoms. The molecule has 2 rings (SSSR count). The zero-order valence-corrected chi connectivity index (χ0v) is 8.69. The molecular weight excluding hydrogens is 202 g/mol. The second kappa shape index (κ2) is 3.48. The third kappa shape index (κ3) is 1.74. The number of pyridine rings is 1. The van der Waals surface area contributed by atoms with Gasteiger partial charge in [0.1, 0.15) is 0 Å². The normalized spacial score (nSPS) is 10.3. The van der Waals surface area contributed by atoms with Crippen LogP contribution in [0.25, 0.3) is 11.3 Å². The molecule has 0 saturated carbocycles. The van der Waals surface area contributed by atoms with E-state index in [1.807, 2.05) is 6.07 Å². The molecule has 0 unspecified atom stereocenters. The highest BCUT2D eigenvalue weighted by molar-refractivity contribution is 7.10. The fraction of sp³-hybridized carbons (Fsp3) is 0.100. The van der Waals surface area contributed by atoms with Crippen molar-refractivity contribution in [2.24, 2.45) is 0 Å². The zero-order chi connectivity index (χ0) is 9.26. The summed E-state index contributed by atoms with van der Waals surface area (Å²) >= 11 is 7.60. The first-order valence-corrected chi connectivity index (χ1v) is 5.19. The fourth-order valence-corrected chi connectivity index (χ4v) is 2.07. The molecule has 0 aromatic carbocycles. The van der Waals surface area contributed by atoms with E-state index in [1.165, 1.54) is 10.4 Å². The molecule has 0 saturated heterocycles. The lowest BCUT2D eigenvalue weighted by molar-refractivity contribution is 1.32. The Bertz CT molecular complexity index is 422. The molecule has 2 heterocycles. The number of aromatic nitrogens is 1. The van der Waals surface area contributed by atoms with E-state index >= 15 is 0 Å². The maximum atomic E-state index is 5.88. The lowest BCUT2D eigenvalue weighted by Crippen LogP contribution is -1.81. The van der Waals surface area contributed by atoms with Crippen LogP contribution in [0.2, 0.25) is 5.02 Å². The standard InChI is InChI=1S/C10H8ClNS/c1-7-9(3-5-13-7)10-6-8(11)2-4-12-10/h2-6H,1H3. The highest BCUT2D eigenvalue weighted by Crippen LogP contribution is 2.26. The van der Waals surface area contributed by atoms with Crippen LogP contribution in [0.3, 0.4) is 0 Å². The first-order chi connectivity index (χ1) is 6.27. The highest BCUT2D eigenvalue weighted by atomic mass is 35.5. The van der Waals surface area contributed by atoms with E-state index in [4.69, 9.17) is 11.6 Å². The van der Waals surface area contributed by atoms with Crippen molar-refractivity contribution >= 4 is 22.9 Å². The number of aryl methyl sites for hydroxylation is 1. The van der Waals surface area contributed by atoms with Gasteiger partial charge in [-0.05, 0) is 30.5 Å². The third-order valence-electron chi connectivity index (χ3n) is 1.86. The molecule has 3 heteroatoms. The van der Waals surface area contributed by atoms with Gasteiger partial charge in [-0.25, -0.2) is 0 Å². The maximum absolute atomic E-state index is 5.88. The van der Waals surface area contributed by atoms with Gasteiger partial charge in [-0.1, -0.05) is 11.6 Å². The maximum Gasteiger partial charge on any atom is 0.0727 e. The van der Waals surface area contributed by atoms with E-state index in [1.54, 1.807) is 23.6 Å². The van der Waals surface area contributed by atoms with Gasteiger partial charge in [0.15, 0.2) is 0 Å². The van der Waals surface area contributed by atoms with Gasteiger partial charge in [-0.15, -0.1) is 11.3 Å². The SMILES string of the molecule is Cc1sccc1-c1cc(Cl)ccn1. The molecule has 0 aliphatic carbocycles. The van der Waals surface area contributed by atoms with Crippen molar-refractivity contribution < 1.29 is 0 Å². The Hall–Kier alpha value is -0.860. The van der Waals surface area contributed by atoms with Gasteiger partial charge < -0.3 is 0 Å². The number of nitrogens with zero attached hydrogens (tertiary/aromatic N) is 1. The second-order valence-electron chi connectivity index (χ2n) is 2.75. The Morgan fingerprint density at radius 1 is 1.38 bits per heavy atom. The van der Waals surface area contributed by atoms with E-state index < -0.39 is 0 Å². The summed E-state index contributed by atoms with van der Waals surface area (Å²) in [6, 6.07) is 5.74. The average molecular weight is 210 g/mol. The molecule has 0 aliphatic heterocycles. The molecular formula is C10H8ClNS. The average Bonchev–Trinajstić information content (AvgIpc) is 2.51. The van der Waals surface area contributed by atoms with Gasteiger partial charge in [-0.3, -0.25) is 4.98 Å². The van der Waals surface area contributed by atoms with Gasteiger partial charge >= 0.3 is 0 Å². The van der Waals surface area contributed by atoms with Crippen LogP contribution in [0.15, 0.2) is 29.8 Å². The van der Waals surface area contributed by atoms with Crippen molar-refractivity contribution in [2.75, 3.05) is 0 Å². The molecule has 1 nitrogen and oxygen atoms in total. The minimum absolute atomic E-state index is 0.732. The van der Waals surface area contributed by atoms with Crippen molar-refractivity contribution in [1.82, 2.24) is 4.98 Å². The molecule has 0 fully saturated rings. The largest absolute Gasteiger partial charge is 0.256 e. The van der Waals surface area contributed by atoms with E-state index in [0.717, 1.165) is 10.7 Å². The van der Waals surface area contributed by atoms with Crippen LogP contribution in [-0.2, 0) is 0 Å². The first kappa shape index (κ1) is 8.73. The molecule has 0 spiro atoms. The number of thiophene rings is 1. The summed E-state index contributed by atoms with van der Waals surface area (Å²) in [5.41, 5.74) is 2.12. The molecule has 2 aromatic heterocycles. The van der Waals surface area contributed by atoms with Crippen LogP contribution in [0.1, 0.15) is 4.88 Å². The smallest absolute Gasteiger partial charge is 0.0727 e. The summed E-state index contributed by atoms with van der Waals surface area (Å²) in [6.07, 6.45) is 1.73. The quantitative estimate of drug-likeness (QED) is 0.697. The second-order valence-corrected chi connectivity index (χ2v) is 4.31. The van der Waals surface area contributed by atoms with Gasteiger partial charge in [0.25, 0.3) is 0 Å². The molecule has 0 amide bonds. The van der Waals surface area contributed by atoms with Crippen LogP contribution in [0.5, 0.6) is 0 Å². The van der Waals surface area contributed by atoms with Crippen molar-refractivity contribution in [2.45, 2.75) is 6.92 Å². The van der Waals surface area contributed by atoms with Gasteiger partial charge in [0, 0.05) is 21.7 Å². The van der Waals surface area contributed by atoms with Crippen molar-refractivity contribution in [3.05, 3.63) is 39.7 Å². The predicted octanol–water partition coefficient (Wildman–Crippen LogP) is 3.77. The molecule has 2 aromatic rings. The monoisotopic (exact) mass is 209 g/mol. The fourth-order valence-electron chi connectivity index (χ4n) is 1.20. The van der Waals surface area contributed by atoms with Gasteiger partial charge in [0.05, 0.1) is 5.69 Å². The molecule has 0 aliphatic rings. The summed E-state index contributed by atoms with van der Waals surface area (Å²) in [5, 5.41) is 2.79. The lowest BCUT2D eigenvalue weighted by Gasteiger charge is -1.98. The first-order valence-electron chi connectivity index (χ1n) is 3.93. The molecule has 0 N–H and O–H groups in total. The Morgan fingerprint density at radius 3 is 2.85 bits per heavy atom. The number of halogens is 1. The Morgan fingerprint density at radius 2 is 2.23 bits per heavy atom. The molecule has 66 valence electrons. The van der Waals surface area contributed by atoms with E-state index in [0.29, 0.717) is 0 Å². The van der Waals surface area contributed by atoms with E-state index in [9.17, 15) is 0 Å². The molecule has 0 radical (unpaired) electrons. The number of hydrogen-bond acceptors (Lipinski definition) is 2. The zero-order valence-electron chi connectivity index (χ0n) is 7.12. The minimum Gasteiger partial charge on any atom is -0.256 e. The lowest BCUT2D eigenvalue weighted by atomic mass is 10.2. The van der Waals surface area contributed by atoms with E-state index in [2.05, 4.69) is 23.4 Å². The number of rotatable bonds is 1. The summed E-state index contributed by atoms with van der Waals surface area (Å²) < 4.78 is 0. The summed E-state index contributed by atoms with van der Waals surface area (Å²) in [7, 11) is 0. The van der Waals surface area contributed by atoms with E-state index in [-0.39, 0.29) is 0 Å². The van der Waals surface area contributed by atoms with Gasteiger partial charge in [-0.2, -0.15) is 0 Å². The predicted molar refractivity (Wildman–Crippen MR) is 57.3 cm³/mol. The molecule has 13 heavy (non-hydrogen) atoms. The Labute approximate surface area is 86.0 Å². The summed E-state index contributed by atoms with van der Waals surface area (Å²) in [5.74, 6) is 0. The van der Waals surface area contributed by atoms with Gasteiger partial charge in [0.2, 0.25) is 0 Å². The Balaban J connectivity index is 2.53. The minimum atomic E-state index is 0.732. The Kier molecular flexibility index (Phi) is 2.34. The van der Waals surface area contributed by atoms with Crippen molar-refractivity contribution in [3.63, 3.8) is 0 Å². The van der Waals surface area contributed by atoms with Crippen LogP contribution in [-0.4, -0.2) is 4.98 Å². The third-order valence-corrected chi connectivity index (χ3v) is 2.94. The van der Waals surface area contributed by atoms with Crippen LogP contribution < -0.4 is 0 Å². The van der Waals surface area contributed by atoms with Crippen LogP contribution in [0, 0.1) is 6.92 Å². The highest BCUT2D eigenvalue weighted by Gasteiger charge is 2.03. The van der Waals surface area contributed by atoms with Crippen LogP contribution in [0.4, 0.5) is 0 Å². The summed E-state index contributed by atoms with van der Waals surface area (Å²) in [4.78, 5) is 5.54. The van der Waals surface area contributed by atoms with Crippen molar-refractivity contribution in [1.29, 1.82) is 0 Å². The van der Waals surface area contributed by atoms with Crippen molar-refractivity contribution in [3.8, 4) is 11.3 Å². The summed E-state index contributed by atoms with van der Waals surface area (Å²) in [6.45, 7) is 2.09.